The molecule has 1 aromatic rings. The number of hydrogen-bond donors (Lipinski definition) is 2. The van der Waals surface area contributed by atoms with Gasteiger partial charge < -0.3 is 11.1 Å². The van der Waals surface area contributed by atoms with E-state index in [4.69, 9.17) is 5.73 Å². The van der Waals surface area contributed by atoms with E-state index < -0.39 is 0 Å². The Morgan fingerprint density at radius 3 is 2.58 bits per heavy atom. The molecule has 0 saturated heterocycles. The molecule has 0 atom stereocenters. The van der Waals surface area contributed by atoms with Gasteiger partial charge in [-0.1, -0.05) is 30.3 Å². The van der Waals surface area contributed by atoms with E-state index in [1.165, 1.54) is 0 Å². The molecule has 1 aromatic carbocycles. The van der Waals surface area contributed by atoms with E-state index in [9.17, 15) is 4.79 Å². The fourth-order valence-corrected chi connectivity index (χ4v) is 0.958. The molecule has 0 aliphatic heterocycles. The van der Waals surface area contributed by atoms with Crippen LogP contribution in [0.15, 0.2) is 30.3 Å². The third-order valence-electron chi connectivity index (χ3n) is 1.51. The molecule has 0 heterocycles. The van der Waals surface area contributed by atoms with Gasteiger partial charge in [-0.15, -0.1) is 0 Å². The van der Waals surface area contributed by atoms with E-state index in [0.717, 1.165) is 5.56 Å². The number of amides is 1. The summed E-state index contributed by atoms with van der Waals surface area (Å²) in [5, 5.41) is 2.53. The van der Waals surface area contributed by atoms with Crippen molar-refractivity contribution in [2.75, 3.05) is 6.67 Å². The van der Waals surface area contributed by atoms with Crippen molar-refractivity contribution in [3.8, 4) is 0 Å². The predicted octanol–water partition coefficient (Wildman–Crippen LogP) is 0.261. The van der Waals surface area contributed by atoms with Crippen molar-refractivity contribution in [3.05, 3.63) is 35.9 Å². The second-order valence-corrected chi connectivity index (χ2v) is 2.47. The molecule has 0 unspecified atom stereocenters. The second kappa shape index (κ2) is 4.51. The Kier molecular flexibility index (Phi) is 3.29. The lowest BCUT2D eigenvalue weighted by molar-refractivity contribution is -0.120. The molecule has 3 heteroatoms. The van der Waals surface area contributed by atoms with E-state index in [1.807, 2.05) is 30.3 Å². The summed E-state index contributed by atoms with van der Waals surface area (Å²) in [7, 11) is 0. The minimum absolute atomic E-state index is 0.0382. The lowest BCUT2D eigenvalue weighted by Crippen LogP contribution is -2.30. The standard InChI is InChI=1S/C9H12N2O/c10-7-11-9(12)6-8-4-2-1-3-5-8/h1-5H,6-7,10H2,(H,11,12). The van der Waals surface area contributed by atoms with Crippen LogP contribution < -0.4 is 11.1 Å². The van der Waals surface area contributed by atoms with Crippen molar-refractivity contribution in [3.63, 3.8) is 0 Å². The first-order valence-electron chi connectivity index (χ1n) is 3.83. The average molecular weight is 164 g/mol. The van der Waals surface area contributed by atoms with E-state index in [-0.39, 0.29) is 12.6 Å². The molecule has 3 N–H and O–H groups in total. The van der Waals surface area contributed by atoms with Gasteiger partial charge in [-0.3, -0.25) is 4.79 Å². The highest BCUT2D eigenvalue weighted by Crippen LogP contribution is 1.98. The number of rotatable bonds is 3. The van der Waals surface area contributed by atoms with Crippen LogP contribution >= 0.6 is 0 Å². The Labute approximate surface area is 71.6 Å². The van der Waals surface area contributed by atoms with Gasteiger partial charge in [-0.05, 0) is 5.56 Å². The van der Waals surface area contributed by atoms with E-state index >= 15 is 0 Å². The molecular weight excluding hydrogens is 152 g/mol. The smallest absolute Gasteiger partial charge is 0.225 e. The van der Waals surface area contributed by atoms with Crippen molar-refractivity contribution in [2.24, 2.45) is 5.73 Å². The summed E-state index contributed by atoms with van der Waals surface area (Å²) < 4.78 is 0. The van der Waals surface area contributed by atoms with Crippen LogP contribution in [0.5, 0.6) is 0 Å². The number of benzene rings is 1. The number of nitrogens with two attached hydrogens (primary N) is 1. The zero-order valence-corrected chi connectivity index (χ0v) is 6.79. The van der Waals surface area contributed by atoms with Crippen molar-refractivity contribution in [1.82, 2.24) is 5.32 Å². The third-order valence-corrected chi connectivity index (χ3v) is 1.51. The molecule has 1 amide bonds. The minimum atomic E-state index is -0.0382. The lowest BCUT2D eigenvalue weighted by atomic mass is 10.1. The quantitative estimate of drug-likeness (QED) is 0.630. The van der Waals surface area contributed by atoms with Gasteiger partial charge in [0.1, 0.15) is 0 Å². The number of carbonyl (C=O) groups is 1. The monoisotopic (exact) mass is 164 g/mol. The molecule has 0 fully saturated rings. The molecule has 0 bridgehead atoms. The first-order chi connectivity index (χ1) is 5.83. The first kappa shape index (κ1) is 8.74. The maximum Gasteiger partial charge on any atom is 0.225 e. The summed E-state index contributed by atoms with van der Waals surface area (Å²) in [4.78, 5) is 11.0. The molecule has 12 heavy (non-hydrogen) atoms. The Balaban J connectivity index is 2.47. The largest absolute Gasteiger partial charge is 0.343 e. The molecule has 0 radical (unpaired) electrons. The molecule has 0 aromatic heterocycles. The molecule has 0 saturated carbocycles. The highest BCUT2D eigenvalue weighted by Gasteiger charge is 1.99. The predicted molar refractivity (Wildman–Crippen MR) is 47.3 cm³/mol. The van der Waals surface area contributed by atoms with Crippen LogP contribution in [0.4, 0.5) is 0 Å². The Hall–Kier alpha value is -1.35. The number of nitrogens with one attached hydrogen (secondary N) is 1. The number of hydrogen-bond acceptors (Lipinski definition) is 2. The third kappa shape index (κ3) is 2.72. The molecule has 0 aliphatic carbocycles. The fourth-order valence-electron chi connectivity index (χ4n) is 0.958. The van der Waals surface area contributed by atoms with Gasteiger partial charge in [0.05, 0.1) is 13.1 Å². The Morgan fingerprint density at radius 2 is 2.00 bits per heavy atom. The van der Waals surface area contributed by atoms with Gasteiger partial charge in [0.15, 0.2) is 0 Å². The summed E-state index contributed by atoms with van der Waals surface area (Å²) in [5.41, 5.74) is 6.15. The Morgan fingerprint density at radius 1 is 1.33 bits per heavy atom. The highest BCUT2D eigenvalue weighted by atomic mass is 16.1. The van der Waals surface area contributed by atoms with Crippen LogP contribution in [0.3, 0.4) is 0 Å². The van der Waals surface area contributed by atoms with Crippen LogP contribution in [0.2, 0.25) is 0 Å². The van der Waals surface area contributed by atoms with Gasteiger partial charge in [0.25, 0.3) is 0 Å². The van der Waals surface area contributed by atoms with Gasteiger partial charge in [0.2, 0.25) is 5.91 Å². The lowest BCUT2D eigenvalue weighted by Gasteiger charge is -2.00. The van der Waals surface area contributed by atoms with Crippen molar-refractivity contribution < 1.29 is 4.79 Å². The maximum absolute atomic E-state index is 11.0. The molecular formula is C9H12N2O. The van der Waals surface area contributed by atoms with E-state index in [1.54, 1.807) is 0 Å². The van der Waals surface area contributed by atoms with Gasteiger partial charge in [-0.25, -0.2) is 0 Å². The minimum Gasteiger partial charge on any atom is -0.343 e. The topological polar surface area (TPSA) is 55.1 Å². The maximum atomic E-state index is 11.0. The van der Waals surface area contributed by atoms with Crippen molar-refractivity contribution in [2.45, 2.75) is 6.42 Å². The first-order valence-corrected chi connectivity index (χ1v) is 3.83. The Bertz CT molecular complexity index is 246. The molecule has 1 rings (SSSR count). The summed E-state index contributed by atoms with van der Waals surface area (Å²) in [6.45, 7) is 0.200. The summed E-state index contributed by atoms with van der Waals surface area (Å²) >= 11 is 0. The van der Waals surface area contributed by atoms with E-state index in [0.29, 0.717) is 6.42 Å². The van der Waals surface area contributed by atoms with Crippen LogP contribution in [0.1, 0.15) is 5.56 Å². The van der Waals surface area contributed by atoms with Crippen LogP contribution in [-0.2, 0) is 11.2 Å². The second-order valence-electron chi connectivity index (χ2n) is 2.47. The zero-order chi connectivity index (χ0) is 8.81. The zero-order valence-electron chi connectivity index (χ0n) is 6.79. The molecule has 0 aliphatic rings. The van der Waals surface area contributed by atoms with Gasteiger partial charge in [-0.2, -0.15) is 0 Å². The average Bonchev–Trinajstić information content (AvgIpc) is 2.06. The van der Waals surface area contributed by atoms with Gasteiger partial charge in [0, 0.05) is 0 Å². The summed E-state index contributed by atoms with van der Waals surface area (Å²) in [6.07, 6.45) is 0.401. The van der Waals surface area contributed by atoms with Crippen LogP contribution in [0.25, 0.3) is 0 Å². The van der Waals surface area contributed by atoms with Crippen LogP contribution in [0, 0.1) is 0 Å². The molecule has 0 spiro atoms. The van der Waals surface area contributed by atoms with Crippen LogP contribution in [-0.4, -0.2) is 12.6 Å². The summed E-state index contributed by atoms with van der Waals surface area (Å²) in [5.74, 6) is -0.0382. The molecule has 64 valence electrons. The normalized spacial score (nSPS) is 9.42. The van der Waals surface area contributed by atoms with E-state index in [2.05, 4.69) is 5.32 Å². The molecule has 3 nitrogen and oxygen atoms in total. The van der Waals surface area contributed by atoms with Gasteiger partial charge >= 0.3 is 0 Å². The fraction of sp³-hybridized carbons (Fsp3) is 0.222. The van der Waals surface area contributed by atoms with Crippen molar-refractivity contribution >= 4 is 5.91 Å². The van der Waals surface area contributed by atoms with Crippen molar-refractivity contribution in [1.29, 1.82) is 0 Å². The summed E-state index contributed by atoms with van der Waals surface area (Å²) in [6, 6.07) is 9.56. The highest BCUT2D eigenvalue weighted by molar-refractivity contribution is 5.78. The number of carbonyl (C=O) groups excluding carboxylic acids is 1. The SMILES string of the molecule is NCNC(=O)Cc1ccccc1.